The predicted octanol–water partition coefficient (Wildman–Crippen LogP) is 1.16. The predicted molar refractivity (Wildman–Crippen MR) is 38.4 cm³/mol. The van der Waals surface area contributed by atoms with E-state index < -0.39 is 0 Å². The molecular weight excluding hydrogens is 128 g/mol. The van der Waals surface area contributed by atoms with E-state index in [4.69, 9.17) is 15.9 Å². The molecule has 1 saturated heterocycles. The summed E-state index contributed by atoms with van der Waals surface area (Å²) in [4.78, 5) is 0. The van der Waals surface area contributed by atoms with Crippen molar-refractivity contribution in [2.24, 2.45) is 0 Å². The Bertz CT molecular complexity index is 120. The summed E-state index contributed by atoms with van der Waals surface area (Å²) in [6.45, 7) is 1.41. The lowest BCUT2D eigenvalue weighted by Gasteiger charge is -2.20. The number of ether oxygens (including phenoxy) is 2. The van der Waals surface area contributed by atoms with Gasteiger partial charge in [-0.2, -0.15) is 0 Å². The van der Waals surface area contributed by atoms with Crippen molar-refractivity contribution >= 4 is 0 Å². The van der Waals surface area contributed by atoms with Crippen LogP contribution in [-0.2, 0) is 9.47 Å². The summed E-state index contributed by atoms with van der Waals surface area (Å²) in [5.41, 5.74) is 0. The van der Waals surface area contributed by atoms with E-state index in [1.807, 2.05) is 0 Å². The molecule has 0 radical (unpaired) electrons. The molecule has 1 atom stereocenters. The zero-order valence-corrected chi connectivity index (χ0v) is 6.01. The third-order valence-electron chi connectivity index (χ3n) is 1.63. The summed E-state index contributed by atoms with van der Waals surface area (Å²) in [6.07, 6.45) is 10.8. The molecule has 56 valence electrons. The fourth-order valence-electron chi connectivity index (χ4n) is 1.08. The van der Waals surface area contributed by atoms with Gasteiger partial charge in [0.25, 0.3) is 0 Å². The van der Waals surface area contributed by atoms with E-state index in [1.165, 1.54) is 12.8 Å². The van der Waals surface area contributed by atoms with Crippen LogP contribution in [0.5, 0.6) is 0 Å². The van der Waals surface area contributed by atoms with Crippen LogP contribution in [0.2, 0.25) is 0 Å². The Labute approximate surface area is 61.5 Å². The molecule has 0 saturated carbocycles. The Kier molecular flexibility index (Phi) is 3.11. The van der Waals surface area contributed by atoms with Crippen LogP contribution in [0.25, 0.3) is 0 Å². The standard InChI is InChI=1S/C8H12O2/c1-2-9-7-8-5-3-4-6-10-8/h1,8H,3-7H2. The molecule has 1 rings (SSSR count). The minimum Gasteiger partial charge on any atom is -0.444 e. The van der Waals surface area contributed by atoms with Crippen molar-refractivity contribution < 1.29 is 9.47 Å². The lowest BCUT2D eigenvalue weighted by atomic mass is 10.1. The summed E-state index contributed by atoms with van der Waals surface area (Å²) >= 11 is 0. The topological polar surface area (TPSA) is 18.5 Å². The maximum Gasteiger partial charge on any atom is 0.126 e. The fraction of sp³-hybridized carbons (Fsp3) is 0.750. The molecule has 1 heterocycles. The average Bonchev–Trinajstić information content (AvgIpc) is 2.03. The third-order valence-corrected chi connectivity index (χ3v) is 1.63. The molecule has 0 aromatic carbocycles. The van der Waals surface area contributed by atoms with Gasteiger partial charge in [0.05, 0.1) is 6.10 Å². The highest BCUT2D eigenvalue weighted by atomic mass is 16.5. The molecule has 0 aliphatic carbocycles. The molecule has 0 aromatic rings. The first kappa shape index (κ1) is 7.43. The maximum atomic E-state index is 5.36. The normalized spacial score (nSPS) is 25.3. The number of rotatable bonds is 2. The Balaban J connectivity index is 2.09. The largest absolute Gasteiger partial charge is 0.444 e. The summed E-state index contributed by atoms with van der Waals surface area (Å²) < 4.78 is 10.1. The van der Waals surface area contributed by atoms with Gasteiger partial charge in [-0.15, -0.1) is 0 Å². The second-order valence-corrected chi connectivity index (χ2v) is 2.42. The van der Waals surface area contributed by atoms with Crippen LogP contribution in [0.4, 0.5) is 0 Å². The molecule has 2 heteroatoms. The van der Waals surface area contributed by atoms with Gasteiger partial charge >= 0.3 is 0 Å². The Morgan fingerprint density at radius 2 is 2.50 bits per heavy atom. The molecule has 1 aliphatic rings. The van der Waals surface area contributed by atoms with Gasteiger partial charge in [-0.05, 0) is 19.3 Å². The quantitative estimate of drug-likeness (QED) is 0.536. The van der Waals surface area contributed by atoms with Crippen LogP contribution in [0, 0.1) is 12.5 Å². The molecule has 1 aliphatic heterocycles. The molecule has 0 spiro atoms. The monoisotopic (exact) mass is 140 g/mol. The highest BCUT2D eigenvalue weighted by molar-refractivity contribution is 4.71. The molecule has 0 N–H and O–H groups in total. The van der Waals surface area contributed by atoms with Gasteiger partial charge in [0, 0.05) is 6.61 Å². The molecule has 0 aromatic heterocycles. The SMILES string of the molecule is C#COCC1CCCCO1. The van der Waals surface area contributed by atoms with Gasteiger partial charge < -0.3 is 9.47 Å². The van der Waals surface area contributed by atoms with E-state index >= 15 is 0 Å². The van der Waals surface area contributed by atoms with Crippen molar-refractivity contribution in [2.75, 3.05) is 13.2 Å². The summed E-state index contributed by atoms with van der Waals surface area (Å²) in [5, 5.41) is 0. The zero-order chi connectivity index (χ0) is 7.23. The van der Waals surface area contributed by atoms with Crippen molar-refractivity contribution in [3.8, 4) is 12.5 Å². The number of hydrogen-bond donors (Lipinski definition) is 0. The van der Waals surface area contributed by atoms with E-state index in [9.17, 15) is 0 Å². The van der Waals surface area contributed by atoms with Crippen LogP contribution in [0.1, 0.15) is 19.3 Å². The second kappa shape index (κ2) is 4.19. The van der Waals surface area contributed by atoms with Crippen molar-refractivity contribution in [2.45, 2.75) is 25.4 Å². The molecule has 0 bridgehead atoms. The van der Waals surface area contributed by atoms with Gasteiger partial charge in [-0.3, -0.25) is 0 Å². The van der Waals surface area contributed by atoms with Crippen LogP contribution >= 0.6 is 0 Å². The highest BCUT2D eigenvalue weighted by Gasteiger charge is 2.13. The van der Waals surface area contributed by atoms with Crippen LogP contribution in [0.3, 0.4) is 0 Å². The van der Waals surface area contributed by atoms with Gasteiger partial charge in [0.15, 0.2) is 0 Å². The molecular formula is C8H12O2. The van der Waals surface area contributed by atoms with Crippen LogP contribution in [0.15, 0.2) is 0 Å². The fourth-order valence-corrected chi connectivity index (χ4v) is 1.08. The minimum atomic E-state index is 0.241. The minimum absolute atomic E-state index is 0.241. The van der Waals surface area contributed by atoms with Gasteiger partial charge in [0.2, 0.25) is 0 Å². The summed E-state index contributed by atoms with van der Waals surface area (Å²) in [7, 11) is 0. The van der Waals surface area contributed by atoms with Crippen LogP contribution < -0.4 is 0 Å². The smallest absolute Gasteiger partial charge is 0.126 e. The van der Waals surface area contributed by atoms with E-state index in [0.717, 1.165) is 13.0 Å². The number of terminal acetylenes is 1. The Hall–Kier alpha value is -0.680. The van der Waals surface area contributed by atoms with Crippen molar-refractivity contribution in [1.82, 2.24) is 0 Å². The second-order valence-electron chi connectivity index (χ2n) is 2.42. The zero-order valence-electron chi connectivity index (χ0n) is 6.01. The third kappa shape index (κ3) is 2.28. The van der Waals surface area contributed by atoms with Gasteiger partial charge in [-0.25, -0.2) is 0 Å². The van der Waals surface area contributed by atoms with Crippen molar-refractivity contribution in [3.05, 3.63) is 0 Å². The molecule has 10 heavy (non-hydrogen) atoms. The summed E-state index contributed by atoms with van der Waals surface area (Å²) in [5.74, 6) is 0. The average molecular weight is 140 g/mol. The lowest BCUT2D eigenvalue weighted by Crippen LogP contribution is -2.23. The molecule has 1 fully saturated rings. The molecule has 1 unspecified atom stereocenters. The van der Waals surface area contributed by atoms with E-state index in [1.54, 1.807) is 0 Å². The number of hydrogen-bond acceptors (Lipinski definition) is 2. The maximum absolute atomic E-state index is 5.36. The molecule has 0 amide bonds. The van der Waals surface area contributed by atoms with Crippen LogP contribution in [-0.4, -0.2) is 19.3 Å². The lowest BCUT2D eigenvalue weighted by molar-refractivity contribution is -0.0172. The van der Waals surface area contributed by atoms with Gasteiger partial charge in [-0.1, -0.05) is 6.42 Å². The van der Waals surface area contributed by atoms with E-state index in [-0.39, 0.29) is 6.10 Å². The van der Waals surface area contributed by atoms with Crippen molar-refractivity contribution in [3.63, 3.8) is 0 Å². The molecule has 2 nitrogen and oxygen atoms in total. The Morgan fingerprint density at radius 3 is 3.10 bits per heavy atom. The Morgan fingerprint density at radius 1 is 1.60 bits per heavy atom. The first-order valence-corrected chi connectivity index (χ1v) is 3.62. The highest BCUT2D eigenvalue weighted by Crippen LogP contribution is 2.12. The van der Waals surface area contributed by atoms with E-state index in [0.29, 0.717) is 6.61 Å². The van der Waals surface area contributed by atoms with E-state index in [2.05, 4.69) is 6.11 Å². The van der Waals surface area contributed by atoms with Gasteiger partial charge in [0.1, 0.15) is 12.7 Å². The summed E-state index contributed by atoms with van der Waals surface area (Å²) in [6, 6.07) is 0. The first-order valence-electron chi connectivity index (χ1n) is 3.62. The first-order chi connectivity index (χ1) is 4.93. The van der Waals surface area contributed by atoms with Crippen molar-refractivity contribution in [1.29, 1.82) is 0 Å².